The van der Waals surface area contributed by atoms with Gasteiger partial charge in [0.15, 0.2) is 0 Å². The summed E-state index contributed by atoms with van der Waals surface area (Å²) in [6, 6.07) is 0. The molecule has 0 amide bonds. The smallest absolute Gasteiger partial charge is 0.0362 e. The highest BCUT2D eigenvalue weighted by Gasteiger charge is 2.31. The lowest BCUT2D eigenvalue weighted by Crippen LogP contribution is -2.20. The average Bonchev–Trinajstić information content (AvgIpc) is 2.87. The van der Waals surface area contributed by atoms with Crippen molar-refractivity contribution in [2.75, 3.05) is 0 Å². The summed E-state index contributed by atoms with van der Waals surface area (Å²) in [6.07, 6.45) is 12.0. The van der Waals surface area contributed by atoms with Gasteiger partial charge in [0, 0.05) is 0 Å². The molecule has 0 spiro atoms. The van der Waals surface area contributed by atoms with Crippen LogP contribution in [0.4, 0.5) is 0 Å². The van der Waals surface area contributed by atoms with Crippen LogP contribution in [0.5, 0.6) is 0 Å². The molecule has 7 unspecified atom stereocenters. The molecule has 0 aromatic rings. The highest BCUT2D eigenvalue weighted by molar-refractivity contribution is 4.81. The van der Waals surface area contributed by atoms with Crippen LogP contribution in [0.3, 0.4) is 0 Å². The lowest BCUT2D eigenvalue weighted by Gasteiger charge is -2.29. The fraction of sp³-hybridized carbons (Fsp3) is 1.00. The van der Waals surface area contributed by atoms with E-state index >= 15 is 0 Å². The van der Waals surface area contributed by atoms with Crippen molar-refractivity contribution in [3.05, 3.63) is 0 Å². The zero-order valence-corrected chi connectivity index (χ0v) is 16.7. The summed E-state index contributed by atoms with van der Waals surface area (Å²) in [4.78, 5) is 0. The van der Waals surface area contributed by atoms with E-state index in [9.17, 15) is 0 Å². The molecular weight excluding hydrogens is 264 g/mol. The van der Waals surface area contributed by atoms with Gasteiger partial charge in [-0.2, -0.15) is 0 Å². The predicted octanol–water partition coefficient (Wildman–Crippen LogP) is 7.57. The van der Waals surface area contributed by atoms with Gasteiger partial charge in [-0.25, -0.2) is 0 Å². The van der Waals surface area contributed by atoms with Gasteiger partial charge >= 0.3 is 0 Å². The normalized spacial score (nSPS) is 40.5. The molecule has 0 aromatic carbocycles. The maximum Gasteiger partial charge on any atom is -0.0362 e. The molecule has 2 aliphatic carbocycles. The molecule has 0 radical (unpaired) electrons. The van der Waals surface area contributed by atoms with Crippen molar-refractivity contribution in [3.63, 3.8) is 0 Å². The van der Waals surface area contributed by atoms with Crippen molar-refractivity contribution >= 4 is 0 Å². The Balaban J connectivity index is 0.00000116. The van der Waals surface area contributed by atoms with Crippen molar-refractivity contribution < 1.29 is 0 Å². The Morgan fingerprint density at radius 1 is 0.773 bits per heavy atom. The first-order valence-corrected chi connectivity index (χ1v) is 10.5. The third-order valence-corrected chi connectivity index (χ3v) is 6.97. The Labute approximate surface area is 141 Å². The standard InChI is InChI=1S/C20H38.C2H6/c1-14-6-9-19(12-14)10-7-16(3)20-11-8-15(2)17(4)13-18(20)5;1-2/h14-20H,6-13H2,1-5H3;1-2H3. The predicted molar refractivity (Wildman–Crippen MR) is 101 cm³/mol. The Morgan fingerprint density at radius 3 is 2.05 bits per heavy atom. The molecule has 0 aliphatic heterocycles. The maximum absolute atomic E-state index is 2.56. The van der Waals surface area contributed by atoms with Gasteiger partial charge in [-0.1, -0.05) is 80.6 Å². The SMILES string of the molecule is CC.CC1CCC(CCC(C)C2CCC(C)C(C)CC2C)C1. The maximum atomic E-state index is 2.56. The van der Waals surface area contributed by atoms with E-state index in [1.54, 1.807) is 0 Å². The summed E-state index contributed by atoms with van der Waals surface area (Å²) >= 11 is 0. The van der Waals surface area contributed by atoms with Crippen LogP contribution in [-0.4, -0.2) is 0 Å². The topological polar surface area (TPSA) is 0 Å². The molecule has 0 aromatic heterocycles. The highest BCUT2D eigenvalue weighted by Crippen LogP contribution is 2.41. The van der Waals surface area contributed by atoms with Crippen LogP contribution in [-0.2, 0) is 0 Å². The minimum atomic E-state index is 0.942. The second-order valence-electron chi connectivity index (χ2n) is 8.75. The summed E-state index contributed by atoms with van der Waals surface area (Å²) in [5.41, 5.74) is 0. The Hall–Kier alpha value is 0. The van der Waals surface area contributed by atoms with Crippen LogP contribution in [0.25, 0.3) is 0 Å². The van der Waals surface area contributed by atoms with Gasteiger partial charge in [-0.15, -0.1) is 0 Å². The monoisotopic (exact) mass is 308 g/mol. The van der Waals surface area contributed by atoms with E-state index in [0.29, 0.717) is 0 Å². The summed E-state index contributed by atoms with van der Waals surface area (Å²) in [7, 11) is 0. The minimum absolute atomic E-state index is 0.942. The zero-order chi connectivity index (χ0) is 16.7. The van der Waals surface area contributed by atoms with Crippen molar-refractivity contribution in [2.24, 2.45) is 41.4 Å². The molecule has 2 rings (SSSR count). The number of hydrogen-bond donors (Lipinski definition) is 0. The second-order valence-corrected chi connectivity index (χ2v) is 8.75. The summed E-state index contributed by atoms with van der Waals surface area (Å²) in [5, 5.41) is 0. The lowest BCUT2D eigenvalue weighted by atomic mass is 9.76. The van der Waals surface area contributed by atoms with Crippen LogP contribution in [0.1, 0.15) is 99.8 Å². The van der Waals surface area contributed by atoms with Gasteiger partial charge in [0.2, 0.25) is 0 Å². The first-order valence-electron chi connectivity index (χ1n) is 10.5. The molecule has 0 bridgehead atoms. The lowest BCUT2D eigenvalue weighted by molar-refractivity contribution is 0.211. The van der Waals surface area contributed by atoms with Gasteiger partial charge in [0.25, 0.3) is 0 Å². The van der Waals surface area contributed by atoms with Crippen LogP contribution in [0.15, 0.2) is 0 Å². The molecule has 2 saturated carbocycles. The Kier molecular flexibility index (Phi) is 9.10. The fourth-order valence-electron chi connectivity index (χ4n) is 5.16. The third-order valence-electron chi connectivity index (χ3n) is 6.97. The van der Waals surface area contributed by atoms with E-state index in [2.05, 4.69) is 34.6 Å². The molecule has 0 saturated heterocycles. The summed E-state index contributed by atoms with van der Waals surface area (Å²) < 4.78 is 0. The fourth-order valence-corrected chi connectivity index (χ4v) is 5.16. The van der Waals surface area contributed by atoms with E-state index in [1.165, 1.54) is 51.4 Å². The van der Waals surface area contributed by atoms with Gasteiger partial charge < -0.3 is 0 Å². The molecule has 0 N–H and O–H groups in total. The van der Waals surface area contributed by atoms with E-state index in [-0.39, 0.29) is 0 Å². The number of rotatable bonds is 4. The Bertz CT molecular complexity index is 282. The molecule has 2 fully saturated rings. The average molecular weight is 309 g/mol. The molecule has 2 aliphatic rings. The summed E-state index contributed by atoms with van der Waals surface area (Å²) in [5.74, 6) is 6.87. The third kappa shape index (κ3) is 5.89. The van der Waals surface area contributed by atoms with Gasteiger partial charge in [-0.3, -0.25) is 0 Å². The minimum Gasteiger partial charge on any atom is -0.0683 e. The molecule has 22 heavy (non-hydrogen) atoms. The van der Waals surface area contributed by atoms with Crippen molar-refractivity contribution in [2.45, 2.75) is 99.8 Å². The van der Waals surface area contributed by atoms with Crippen LogP contribution < -0.4 is 0 Å². The molecular formula is C22H44. The molecule has 0 heteroatoms. The van der Waals surface area contributed by atoms with E-state index in [0.717, 1.165) is 41.4 Å². The van der Waals surface area contributed by atoms with Crippen LogP contribution in [0, 0.1) is 41.4 Å². The molecule has 0 heterocycles. The molecule has 7 atom stereocenters. The molecule has 0 nitrogen and oxygen atoms in total. The second kappa shape index (κ2) is 9.99. The van der Waals surface area contributed by atoms with Gasteiger partial charge in [0.05, 0.1) is 0 Å². The van der Waals surface area contributed by atoms with Gasteiger partial charge in [-0.05, 0) is 60.7 Å². The highest BCUT2D eigenvalue weighted by atomic mass is 14.4. The number of hydrogen-bond acceptors (Lipinski definition) is 0. The van der Waals surface area contributed by atoms with Crippen molar-refractivity contribution in [1.82, 2.24) is 0 Å². The first-order chi connectivity index (χ1) is 10.5. The van der Waals surface area contributed by atoms with Crippen molar-refractivity contribution in [3.8, 4) is 0 Å². The first kappa shape index (κ1) is 20.0. The summed E-state index contributed by atoms with van der Waals surface area (Å²) in [6.45, 7) is 16.5. The van der Waals surface area contributed by atoms with E-state index in [1.807, 2.05) is 13.8 Å². The quantitative estimate of drug-likeness (QED) is 0.470. The van der Waals surface area contributed by atoms with Gasteiger partial charge in [0.1, 0.15) is 0 Å². The zero-order valence-electron chi connectivity index (χ0n) is 16.7. The Morgan fingerprint density at radius 2 is 1.45 bits per heavy atom. The van der Waals surface area contributed by atoms with E-state index < -0.39 is 0 Å². The van der Waals surface area contributed by atoms with Crippen molar-refractivity contribution in [1.29, 1.82) is 0 Å². The van der Waals surface area contributed by atoms with E-state index in [4.69, 9.17) is 0 Å². The largest absolute Gasteiger partial charge is 0.0683 e. The molecule has 132 valence electrons. The van der Waals surface area contributed by atoms with Crippen LogP contribution >= 0.6 is 0 Å². The van der Waals surface area contributed by atoms with Crippen LogP contribution in [0.2, 0.25) is 0 Å².